The van der Waals surface area contributed by atoms with E-state index in [-0.39, 0.29) is 29.2 Å². The summed E-state index contributed by atoms with van der Waals surface area (Å²) in [4.78, 5) is 54.7. The van der Waals surface area contributed by atoms with E-state index >= 15 is 0 Å². The van der Waals surface area contributed by atoms with Crippen molar-refractivity contribution in [3.05, 3.63) is 124 Å². The van der Waals surface area contributed by atoms with Crippen LogP contribution in [0.4, 0.5) is 11.4 Å². The Morgan fingerprint density at radius 1 is 0.791 bits per heavy atom. The number of methoxy groups -OCH3 is 1. The van der Waals surface area contributed by atoms with E-state index in [1.165, 1.54) is 30.2 Å². The van der Waals surface area contributed by atoms with Crippen molar-refractivity contribution >= 4 is 46.7 Å². The van der Waals surface area contributed by atoms with E-state index in [4.69, 9.17) is 21.1 Å². The Morgan fingerprint density at radius 2 is 1.37 bits per heavy atom. The number of rotatable bonds is 6. The molecule has 43 heavy (non-hydrogen) atoms. The van der Waals surface area contributed by atoms with E-state index in [0.717, 1.165) is 22.3 Å². The van der Waals surface area contributed by atoms with Gasteiger partial charge < -0.3 is 14.8 Å². The fourth-order valence-electron chi connectivity index (χ4n) is 6.88. The molecule has 4 aromatic carbocycles. The van der Waals surface area contributed by atoms with Crippen molar-refractivity contribution in [3.8, 4) is 5.75 Å². The monoisotopic (exact) mass is 592 g/mol. The highest BCUT2D eigenvalue weighted by Crippen LogP contribution is 2.61. The Balaban J connectivity index is 1.12. The van der Waals surface area contributed by atoms with Gasteiger partial charge in [0.15, 0.2) is 6.61 Å². The highest BCUT2D eigenvalue weighted by molar-refractivity contribution is 6.31. The van der Waals surface area contributed by atoms with Gasteiger partial charge in [0.05, 0.1) is 35.9 Å². The number of esters is 1. The molecule has 1 fully saturated rings. The van der Waals surface area contributed by atoms with Crippen molar-refractivity contribution in [3.63, 3.8) is 0 Å². The molecule has 1 saturated heterocycles. The first kappa shape index (κ1) is 26.9. The molecular weight excluding hydrogens is 568 g/mol. The minimum Gasteiger partial charge on any atom is -0.495 e. The third kappa shape index (κ3) is 4.29. The number of carbonyl (C=O) groups is 4. The standard InChI is InChI=1S/C34H25ClN2O6/c1-42-26-14-13-19(35)16-25(26)36-27(38)17-43-34(41)18-7-6-8-20(15-18)37-32(39)30-28-21-9-2-3-10-22(21)29(31(30)33(37)40)24-12-5-4-11-23(24)28/h2-16,28-31H,17H2,1H3,(H,36,38)/t28?,29?,30-,31+. The summed E-state index contributed by atoms with van der Waals surface area (Å²) in [7, 11) is 1.46. The Labute approximate surface area is 252 Å². The van der Waals surface area contributed by atoms with Crippen LogP contribution in [0.5, 0.6) is 5.75 Å². The quantitative estimate of drug-likeness (QED) is 0.233. The van der Waals surface area contributed by atoms with Gasteiger partial charge in [0.2, 0.25) is 11.8 Å². The number of amides is 3. The highest BCUT2D eigenvalue weighted by Gasteiger charge is 2.61. The molecule has 8 nitrogen and oxygen atoms in total. The van der Waals surface area contributed by atoms with Gasteiger partial charge in [-0.1, -0.05) is 66.2 Å². The van der Waals surface area contributed by atoms with Crippen molar-refractivity contribution in [2.45, 2.75) is 11.8 Å². The molecule has 0 saturated carbocycles. The maximum Gasteiger partial charge on any atom is 0.338 e. The van der Waals surface area contributed by atoms with Crippen LogP contribution in [0.2, 0.25) is 5.02 Å². The van der Waals surface area contributed by atoms with Crippen LogP contribution in [0, 0.1) is 11.8 Å². The van der Waals surface area contributed by atoms with Gasteiger partial charge in [-0.25, -0.2) is 9.69 Å². The first-order valence-electron chi connectivity index (χ1n) is 13.8. The minimum atomic E-state index is -0.772. The summed E-state index contributed by atoms with van der Waals surface area (Å²) in [5.74, 6) is -3.06. The smallest absolute Gasteiger partial charge is 0.338 e. The SMILES string of the molecule is COc1ccc(Cl)cc1NC(=O)COC(=O)c1cccc(N2C(=O)[C@@H]3C4c5ccccc5C(c5ccccc54)[C@@H]3C2=O)c1. The summed E-state index contributed by atoms with van der Waals surface area (Å²) in [6, 6.07) is 27.0. The number of hydrogen-bond donors (Lipinski definition) is 1. The molecule has 1 N–H and O–H groups in total. The summed E-state index contributed by atoms with van der Waals surface area (Å²) < 4.78 is 10.5. The fraction of sp³-hybridized carbons (Fsp3) is 0.176. The lowest BCUT2D eigenvalue weighted by Gasteiger charge is -2.45. The second-order valence-corrected chi connectivity index (χ2v) is 11.2. The van der Waals surface area contributed by atoms with Crippen LogP contribution in [0.25, 0.3) is 0 Å². The molecule has 214 valence electrons. The fourth-order valence-corrected chi connectivity index (χ4v) is 7.05. The number of imide groups is 1. The van der Waals surface area contributed by atoms with E-state index in [0.29, 0.717) is 22.1 Å². The van der Waals surface area contributed by atoms with Crippen molar-refractivity contribution in [1.29, 1.82) is 0 Å². The van der Waals surface area contributed by atoms with Crippen LogP contribution in [0.15, 0.2) is 91.0 Å². The topological polar surface area (TPSA) is 102 Å². The van der Waals surface area contributed by atoms with E-state index in [9.17, 15) is 19.2 Å². The maximum atomic E-state index is 14.0. The van der Waals surface area contributed by atoms with Gasteiger partial charge >= 0.3 is 5.97 Å². The number of ether oxygens (including phenoxy) is 2. The first-order valence-corrected chi connectivity index (χ1v) is 14.2. The van der Waals surface area contributed by atoms with Gasteiger partial charge in [0, 0.05) is 16.9 Å². The molecule has 8 rings (SSSR count). The van der Waals surface area contributed by atoms with Crippen LogP contribution in [0.1, 0.15) is 44.4 Å². The third-order valence-electron chi connectivity index (χ3n) is 8.56. The number of nitrogens with one attached hydrogen (secondary N) is 1. The summed E-state index contributed by atoms with van der Waals surface area (Å²) in [5.41, 5.74) is 5.07. The van der Waals surface area contributed by atoms with Crippen LogP contribution in [-0.4, -0.2) is 37.4 Å². The molecule has 4 aliphatic rings. The van der Waals surface area contributed by atoms with Gasteiger partial charge in [-0.2, -0.15) is 0 Å². The lowest BCUT2D eigenvalue weighted by atomic mass is 9.55. The zero-order valence-electron chi connectivity index (χ0n) is 23.0. The van der Waals surface area contributed by atoms with Gasteiger partial charge in [0.1, 0.15) is 5.75 Å². The van der Waals surface area contributed by atoms with Crippen LogP contribution in [-0.2, 0) is 19.1 Å². The molecule has 0 aromatic heterocycles. The zero-order chi connectivity index (χ0) is 29.8. The van der Waals surface area contributed by atoms with Gasteiger partial charge in [-0.3, -0.25) is 14.4 Å². The largest absolute Gasteiger partial charge is 0.495 e. The molecule has 3 aliphatic carbocycles. The Hall–Kier alpha value is -4.95. The van der Waals surface area contributed by atoms with Crippen molar-refractivity contribution in [2.24, 2.45) is 11.8 Å². The Kier molecular flexibility index (Phi) is 6.51. The maximum absolute atomic E-state index is 14.0. The van der Waals surface area contributed by atoms with E-state index in [1.54, 1.807) is 24.3 Å². The van der Waals surface area contributed by atoms with Crippen molar-refractivity contribution in [1.82, 2.24) is 0 Å². The normalized spacial score (nSPS) is 21.1. The van der Waals surface area contributed by atoms with Crippen molar-refractivity contribution in [2.75, 3.05) is 23.9 Å². The molecule has 0 spiro atoms. The van der Waals surface area contributed by atoms with Crippen LogP contribution >= 0.6 is 11.6 Å². The second kappa shape index (κ2) is 10.4. The molecule has 2 atom stereocenters. The van der Waals surface area contributed by atoms with Gasteiger partial charge in [0.25, 0.3) is 5.91 Å². The number of hydrogen-bond acceptors (Lipinski definition) is 6. The lowest BCUT2D eigenvalue weighted by Crippen LogP contribution is -2.41. The number of halogens is 1. The number of benzene rings is 4. The summed E-state index contributed by atoms with van der Waals surface area (Å²) >= 11 is 6.02. The van der Waals surface area contributed by atoms with Gasteiger partial charge in [-0.15, -0.1) is 0 Å². The molecule has 4 aromatic rings. The highest BCUT2D eigenvalue weighted by atomic mass is 35.5. The van der Waals surface area contributed by atoms with E-state index in [1.807, 2.05) is 24.3 Å². The molecule has 3 amide bonds. The molecule has 0 unspecified atom stereocenters. The second-order valence-electron chi connectivity index (χ2n) is 10.8. The molecule has 1 heterocycles. The summed E-state index contributed by atoms with van der Waals surface area (Å²) in [5, 5.41) is 3.01. The predicted octanol–water partition coefficient (Wildman–Crippen LogP) is 5.54. The van der Waals surface area contributed by atoms with E-state index in [2.05, 4.69) is 29.6 Å². The molecular formula is C34H25ClN2O6. The number of anilines is 2. The van der Waals surface area contributed by atoms with Gasteiger partial charge in [-0.05, 0) is 58.7 Å². The Morgan fingerprint density at radius 3 is 1.93 bits per heavy atom. The minimum absolute atomic E-state index is 0.107. The van der Waals surface area contributed by atoms with Crippen LogP contribution < -0.4 is 15.0 Å². The third-order valence-corrected chi connectivity index (χ3v) is 8.79. The molecule has 1 aliphatic heterocycles. The first-order chi connectivity index (χ1) is 20.9. The average molecular weight is 593 g/mol. The molecule has 0 radical (unpaired) electrons. The lowest BCUT2D eigenvalue weighted by molar-refractivity contribution is -0.122. The molecule has 2 bridgehead atoms. The van der Waals surface area contributed by atoms with Crippen molar-refractivity contribution < 1.29 is 28.7 Å². The Bertz CT molecular complexity index is 1720. The zero-order valence-corrected chi connectivity index (χ0v) is 23.7. The number of carbonyl (C=O) groups excluding carboxylic acids is 4. The predicted molar refractivity (Wildman–Crippen MR) is 159 cm³/mol. The number of nitrogens with zero attached hydrogens (tertiary/aromatic N) is 1. The van der Waals surface area contributed by atoms with Crippen LogP contribution in [0.3, 0.4) is 0 Å². The average Bonchev–Trinajstić information content (AvgIpc) is 3.30. The molecule has 9 heteroatoms. The summed E-state index contributed by atoms with van der Waals surface area (Å²) in [6.45, 7) is -0.565. The summed E-state index contributed by atoms with van der Waals surface area (Å²) in [6.07, 6.45) is 0. The van der Waals surface area contributed by atoms with E-state index < -0.39 is 30.3 Å².